The highest BCUT2D eigenvalue weighted by molar-refractivity contribution is 5.37. The van der Waals surface area contributed by atoms with Crippen LogP contribution in [0, 0.1) is 11.8 Å². The molecule has 3 nitrogen and oxygen atoms in total. The Kier molecular flexibility index (Phi) is 3.43. The Hall–Kier alpha value is -1.06. The molecule has 0 unspecified atom stereocenters. The van der Waals surface area contributed by atoms with Crippen molar-refractivity contribution in [1.29, 1.82) is 0 Å². The van der Waals surface area contributed by atoms with Crippen molar-refractivity contribution >= 4 is 0 Å². The molecular weight excluding hydrogens is 264 g/mol. The number of aryl methyl sites for hydroxylation is 1. The summed E-state index contributed by atoms with van der Waals surface area (Å²) in [6.07, 6.45) is 7.13. The van der Waals surface area contributed by atoms with Gasteiger partial charge >= 0.3 is 0 Å². The van der Waals surface area contributed by atoms with Gasteiger partial charge in [0.25, 0.3) is 0 Å². The van der Waals surface area contributed by atoms with Crippen LogP contribution in [0.2, 0.25) is 0 Å². The number of rotatable bonds is 2. The molecule has 2 fully saturated rings. The number of benzene rings is 1. The van der Waals surface area contributed by atoms with Crippen LogP contribution in [0.1, 0.15) is 36.8 Å². The van der Waals surface area contributed by atoms with Gasteiger partial charge in [-0.25, -0.2) is 0 Å². The fourth-order valence-electron chi connectivity index (χ4n) is 4.46. The molecule has 2 aliphatic carbocycles. The van der Waals surface area contributed by atoms with Crippen LogP contribution >= 0.6 is 0 Å². The summed E-state index contributed by atoms with van der Waals surface area (Å²) in [6.45, 7) is 1.56. The van der Waals surface area contributed by atoms with E-state index in [-0.39, 0.29) is 5.79 Å². The van der Waals surface area contributed by atoms with Gasteiger partial charge in [0, 0.05) is 12.8 Å². The summed E-state index contributed by atoms with van der Waals surface area (Å²) in [6, 6.07) is 6.57. The van der Waals surface area contributed by atoms with E-state index in [0.717, 1.165) is 43.6 Å². The molecule has 0 radical (unpaired) electrons. The Bertz CT molecular complexity index is 519. The number of methoxy groups -OCH3 is 1. The molecule has 3 heteroatoms. The molecule has 3 aliphatic rings. The maximum atomic E-state index is 5.88. The van der Waals surface area contributed by atoms with E-state index in [1.165, 1.54) is 36.8 Å². The van der Waals surface area contributed by atoms with E-state index in [9.17, 15) is 0 Å². The summed E-state index contributed by atoms with van der Waals surface area (Å²) < 4.78 is 17.1. The lowest BCUT2D eigenvalue weighted by atomic mass is 9.76. The predicted molar refractivity (Wildman–Crippen MR) is 80.5 cm³/mol. The second-order valence-electron chi connectivity index (χ2n) is 6.75. The minimum Gasteiger partial charge on any atom is -0.497 e. The van der Waals surface area contributed by atoms with E-state index < -0.39 is 0 Å². The summed E-state index contributed by atoms with van der Waals surface area (Å²) in [4.78, 5) is 0. The lowest BCUT2D eigenvalue weighted by Crippen LogP contribution is -2.28. The largest absolute Gasteiger partial charge is 0.497 e. The molecule has 1 aromatic rings. The summed E-state index contributed by atoms with van der Waals surface area (Å²) in [5.41, 5.74) is 2.99. The van der Waals surface area contributed by atoms with Crippen LogP contribution in [-0.4, -0.2) is 26.1 Å². The fourth-order valence-corrected chi connectivity index (χ4v) is 4.46. The molecule has 1 saturated heterocycles. The van der Waals surface area contributed by atoms with Crippen molar-refractivity contribution in [2.75, 3.05) is 20.3 Å². The average molecular weight is 288 g/mol. The Balaban J connectivity index is 1.46. The van der Waals surface area contributed by atoms with Crippen molar-refractivity contribution in [3.8, 4) is 5.75 Å². The van der Waals surface area contributed by atoms with E-state index >= 15 is 0 Å². The minimum atomic E-state index is -0.217. The summed E-state index contributed by atoms with van der Waals surface area (Å²) in [5, 5.41) is 0. The number of hydrogen-bond acceptors (Lipinski definition) is 3. The second-order valence-corrected chi connectivity index (χ2v) is 6.75. The zero-order valence-corrected chi connectivity index (χ0v) is 12.8. The lowest BCUT2D eigenvalue weighted by molar-refractivity contribution is -0.153. The first-order valence-corrected chi connectivity index (χ1v) is 8.22. The SMILES string of the molecule is COc1ccc2c(c1)CC[C@@H]([C@@H]1CCC3(C1)OCCO3)C2. The topological polar surface area (TPSA) is 27.7 Å². The van der Waals surface area contributed by atoms with Crippen LogP contribution in [0.4, 0.5) is 0 Å². The number of fused-ring (bicyclic) bond motifs is 1. The van der Waals surface area contributed by atoms with Crippen LogP contribution in [0.15, 0.2) is 18.2 Å². The third-order valence-electron chi connectivity index (χ3n) is 5.63. The van der Waals surface area contributed by atoms with Gasteiger partial charge in [-0.3, -0.25) is 0 Å². The van der Waals surface area contributed by atoms with Crippen LogP contribution in [-0.2, 0) is 22.3 Å². The van der Waals surface area contributed by atoms with E-state index in [1.807, 2.05) is 0 Å². The van der Waals surface area contributed by atoms with Gasteiger partial charge in [0.05, 0.1) is 20.3 Å². The first kappa shape index (κ1) is 13.6. The van der Waals surface area contributed by atoms with Crippen molar-refractivity contribution in [2.45, 2.75) is 44.3 Å². The molecule has 0 N–H and O–H groups in total. The van der Waals surface area contributed by atoms with Crippen molar-refractivity contribution in [1.82, 2.24) is 0 Å². The summed E-state index contributed by atoms with van der Waals surface area (Å²) in [5.74, 6) is 2.32. The Morgan fingerprint density at radius 1 is 1.10 bits per heavy atom. The van der Waals surface area contributed by atoms with Crippen LogP contribution in [0.5, 0.6) is 5.75 Å². The lowest BCUT2D eigenvalue weighted by Gasteiger charge is -2.30. The van der Waals surface area contributed by atoms with E-state index in [4.69, 9.17) is 14.2 Å². The molecule has 1 aromatic carbocycles. The molecule has 0 aromatic heterocycles. The zero-order chi connectivity index (χ0) is 14.3. The average Bonchev–Trinajstić information content (AvgIpc) is 3.17. The van der Waals surface area contributed by atoms with Gasteiger partial charge in [0.1, 0.15) is 5.75 Å². The Morgan fingerprint density at radius 3 is 2.76 bits per heavy atom. The minimum absolute atomic E-state index is 0.217. The second kappa shape index (κ2) is 5.29. The molecule has 21 heavy (non-hydrogen) atoms. The Morgan fingerprint density at radius 2 is 1.95 bits per heavy atom. The maximum absolute atomic E-state index is 5.88. The monoisotopic (exact) mass is 288 g/mol. The van der Waals surface area contributed by atoms with Crippen molar-refractivity contribution < 1.29 is 14.2 Å². The molecule has 0 amide bonds. The van der Waals surface area contributed by atoms with Gasteiger partial charge in [0.2, 0.25) is 0 Å². The van der Waals surface area contributed by atoms with Gasteiger partial charge in [-0.1, -0.05) is 6.07 Å². The normalized spacial score (nSPS) is 30.5. The molecule has 114 valence electrons. The van der Waals surface area contributed by atoms with E-state index in [0.29, 0.717) is 0 Å². The van der Waals surface area contributed by atoms with Crippen LogP contribution in [0.25, 0.3) is 0 Å². The molecule has 1 heterocycles. The van der Waals surface area contributed by atoms with Crippen LogP contribution < -0.4 is 4.74 Å². The fraction of sp³-hybridized carbons (Fsp3) is 0.667. The van der Waals surface area contributed by atoms with Gasteiger partial charge in [-0.15, -0.1) is 0 Å². The van der Waals surface area contributed by atoms with Gasteiger partial charge in [-0.05, 0) is 60.8 Å². The maximum Gasteiger partial charge on any atom is 0.168 e. The molecule has 1 aliphatic heterocycles. The third kappa shape index (κ3) is 2.47. The van der Waals surface area contributed by atoms with Crippen molar-refractivity contribution in [3.63, 3.8) is 0 Å². The van der Waals surface area contributed by atoms with Gasteiger partial charge < -0.3 is 14.2 Å². The Labute approximate surface area is 126 Å². The van der Waals surface area contributed by atoms with E-state index in [2.05, 4.69) is 18.2 Å². The molecule has 2 atom stereocenters. The van der Waals surface area contributed by atoms with Crippen molar-refractivity contribution in [3.05, 3.63) is 29.3 Å². The highest BCUT2D eigenvalue weighted by Crippen LogP contribution is 2.46. The predicted octanol–water partition coefficient (Wildman–Crippen LogP) is 3.34. The third-order valence-corrected chi connectivity index (χ3v) is 5.63. The number of hydrogen-bond donors (Lipinski definition) is 0. The standard InChI is InChI=1S/C18H24O3/c1-19-17-5-4-13-10-14(2-3-15(13)11-17)16-6-7-18(12-16)20-8-9-21-18/h4-5,11,14,16H,2-3,6-10,12H2,1H3/t14-,16-/m1/s1. The smallest absolute Gasteiger partial charge is 0.168 e. The van der Waals surface area contributed by atoms with Gasteiger partial charge in [-0.2, -0.15) is 0 Å². The first-order chi connectivity index (χ1) is 10.3. The molecule has 1 spiro atoms. The molecular formula is C18H24O3. The van der Waals surface area contributed by atoms with Crippen molar-refractivity contribution in [2.24, 2.45) is 11.8 Å². The quantitative estimate of drug-likeness (QED) is 0.835. The van der Waals surface area contributed by atoms with Gasteiger partial charge in [0.15, 0.2) is 5.79 Å². The zero-order valence-electron chi connectivity index (χ0n) is 12.8. The van der Waals surface area contributed by atoms with Crippen LogP contribution in [0.3, 0.4) is 0 Å². The summed E-state index contributed by atoms with van der Waals surface area (Å²) >= 11 is 0. The summed E-state index contributed by atoms with van der Waals surface area (Å²) in [7, 11) is 1.74. The molecule has 0 bridgehead atoms. The highest BCUT2D eigenvalue weighted by atomic mass is 16.7. The molecule has 4 rings (SSSR count). The number of ether oxygens (including phenoxy) is 3. The highest BCUT2D eigenvalue weighted by Gasteiger charge is 2.46. The molecule has 1 saturated carbocycles. The first-order valence-electron chi connectivity index (χ1n) is 8.22. The van der Waals surface area contributed by atoms with E-state index in [1.54, 1.807) is 7.11 Å².